The summed E-state index contributed by atoms with van der Waals surface area (Å²) in [5.74, 6) is 0.709. The Kier molecular flexibility index (Phi) is 7.17. The third-order valence-corrected chi connectivity index (χ3v) is 2.92. The molecule has 3 N–H and O–H groups in total. The first-order valence-corrected chi connectivity index (χ1v) is 6.96. The minimum absolute atomic E-state index is 0.0719. The normalized spacial score (nSPS) is 11.1. The van der Waals surface area contributed by atoms with E-state index in [1.807, 2.05) is 18.2 Å². The average molecular weight is 276 g/mol. The Morgan fingerprint density at radius 1 is 1.30 bits per heavy atom. The van der Waals surface area contributed by atoms with Crippen molar-refractivity contribution in [3.63, 3.8) is 0 Å². The molecule has 1 rings (SSSR count). The van der Waals surface area contributed by atoms with Gasteiger partial charge in [0.25, 0.3) is 5.91 Å². The lowest BCUT2D eigenvalue weighted by atomic mass is 10.1. The molecule has 1 amide bonds. The fourth-order valence-corrected chi connectivity index (χ4v) is 1.76. The lowest BCUT2D eigenvalue weighted by Crippen LogP contribution is -2.37. The number of benzene rings is 1. The number of nitrogens with one attached hydrogen (secondary N) is 3. The molecule has 0 spiro atoms. The molecule has 0 aliphatic rings. The highest BCUT2D eigenvalue weighted by Crippen LogP contribution is 2.05. The predicted molar refractivity (Wildman–Crippen MR) is 82.9 cm³/mol. The van der Waals surface area contributed by atoms with Crippen molar-refractivity contribution in [3.8, 4) is 0 Å². The van der Waals surface area contributed by atoms with Crippen LogP contribution in [0.1, 0.15) is 35.7 Å². The molecule has 0 saturated heterocycles. The summed E-state index contributed by atoms with van der Waals surface area (Å²) in [5.41, 5.74) is 1.71. The largest absolute Gasteiger partial charge is 0.356 e. The van der Waals surface area contributed by atoms with Gasteiger partial charge in [-0.15, -0.1) is 0 Å². The van der Waals surface area contributed by atoms with Gasteiger partial charge in [0, 0.05) is 32.7 Å². The summed E-state index contributed by atoms with van der Waals surface area (Å²) in [6, 6.07) is 7.55. The van der Waals surface area contributed by atoms with Crippen molar-refractivity contribution in [3.05, 3.63) is 35.4 Å². The number of nitrogens with zero attached hydrogens (tertiary/aromatic N) is 1. The molecule has 0 atom stereocenters. The van der Waals surface area contributed by atoms with Crippen LogP contribution in [0.4, 0.5) is 0 Å². The SMILES string of the molecule is CCCCNC(=NC)NCc1cccc(C(=O)NC)c1. The third-order valence-electron chi connectivity index (χ3n) is 2.92. The van der Waals surface area contributed by atoms with Gasteiger partial charge >= 0.3 is 0 Å². The third kappa shape index (κ3) is 5.30. The quantitative estimate of drug-likeness (QED) is 0.419. The van der Waals surface area contributed by atoms with Gasteiger partial charge < -0.3 is 16.0 Å². The van der Waals surface area contributed by atoms with E-state index in [2.05, 4.69) is 27.9 Å². The smallest absolute Gasteiger partial charge is 0.251 e. The fourth-order valence-electron chi connectivity index (χ4n) is 1.76. The molecule has 0 radical (unpaired) electrons. The molecule has 1 aromatic carbocycles. The Labute approximate surface area is 120 Å². The molecule has 0 aliphatic heterocycles. The number of unbranched alkanes of at least 4 members (excludes halogenated alkanes) is 1. The first-order chi connectivity index (χ1) is 9.71. The van der Waals surface area contributed by atoms with Crippen LogP contribution in [0.3, 0.4) is 0 Å². The van der Waals surface area contributed by atoms with E-state index in [9.17, 15) is 4.79 Å². The molecule has 5 nitrogen and oxygen atoms in total. The molecule has 0 fully saturated rings. The Bertz CT molecular complexity index is 457. The zero-order valence-corrected chi connectivity index (χ0v) is 12.5. The second kappa shape index (κ2) is 8.96. The van der Waals surface area contributed by atoms with Gasteiger partial charge in [-0.2, -0.15) is 0 Å². The lowest BCUT2D eigenvalue weighted by Gasteiger charge is -2.12. The van der Waals surface area contributed by atoms with E-state index in [0.29, 0.717) is 12.1 Å². The maximum Gasteiger partial charge on any atom is 0.251 e. The van der Waals surface area contributed by atoms with E-state index in [-0.39, 0.29) is 5.91 Å². The molecule has 5 heteroatoms. The Hall–Kier alpha value is -2.04. The number of carbonyl (C=O) groups excluding carboxylic acids is 1. The van der Waals surface area contributed by atoms with Crippen molar-refractivity contribution in [1.82, 2.24) is 16.0 Å². The number of amides is 1. The van der Waals surface area contributed by atoms with Crippen LogP contribution in [-0.2, 0) is 6.54 Å². The number of rotatable bonds is 6. The van der Waals surface area contributed by atoms with Crippen molar-refractivity contribution in [1.29, 1.82) is 0 Å². The molecule has 20 heavy (non-hydrogen) atoms. The average Bonchev–Trinajstić information content (AvgIpc) is 2.50. The number of hydrogen-bond donors (Lipinski definition) is 3. The Morgan fingerprint density at radius 3 is 2.75 bits per heavy atom. The molecule has 0 unspecified atom stereocenters. The van der Waals surface area contributed by atoms with E-state index in [1.165, 1.54) is 0 Å². The van der Waals surface area contributed by atoms with Crippen LogP contribution in [0.25, 0.3) is 0 Å². The minimum Gasteiger partial charge on any atom is -0.356 e. The van der Waals surface area contributed by atoms with Gasteiger partial charge in [-0.05, 0) is 24.1 Å². The van der Waals surface area contributed by atoms with E-state index in [1.54, 1.807) is 20.2 Å². The summed E-state index contributed by atoms with van der Waals surface area (Å²) >= 11 is 0. The predicted octanol–water partition coefficient (Wildman–Crippen LogP) is 1.51. The molecular weight excluding hydrogens is 252 g/mol. The van der Waals surface area contributed by atoms with Gasteiger partial charge in [0.05, 0.1) is 0 Å². The summed E-state index contributed by atoms with van der Waals surface area (Å²) in [6.45, 7) is 3.70. The van der Waals surface area contributed by atoms with Crippen LogP contribution in [0, 0.1) is 0 Å². The molecule has 0 aliphatic carbocycles. The van der Waals surface area contributed by atoms with Gasteiger partial charge in [-0.3, -0.25) is 9.79 Å². The molecule has 0 aromatic heterocycles. The maximum atomic E-state index is 11.6. The summed E-state index contributed by atoms with van der Waals surface area (Å²) in [5, 5.41) is 9.11. The van der Waals surface area contributed by atoms with Crippen molar-refractivity contribution < 1.29 is 4.79 Å². The zero-order chi connectivity index (χ0) is 14.8. The summed E-state index contributed by atoms with van der Waals surface area (Å²) < 4.78 is 0. The summed E-state index contributed by atoms with van der Waals surface area (Å²) in [4.78, 5) is 15.7. The molecule has 110 valence electrons. The van der Waals surface area contributed by atoms with Crippen LogP contribution < -0.4 is 16.0 Å². The number of hydrogen-bond acceptors (Lipinski definition) is 2. The van der Waals surface area contributed by atoms with E-state index < -0.39 is 0 Å². The van der Waals surface area contributed by atoms with Gasteiger partial charge in [0.15, 0.2) is 5.96 Å². The van der Waals surface area contributed by atoms with Crippen molar-refractivity contribution >= 4 is 11.9 Å². The Balaban J connectivity index is 2.54. The van der Waals surface area contributed by atoms with E-state index in [4.69, 9.17) is 0 Å². The molecule has 1 aromatic rings. The van der Waals surface area contributed by atoms with Gasteiger partial charge in [-0.1, -0.05) is 25.5 Å². The highest BCUT2D eigenvalue weighted by Gasteiger charge is 2.04. The van der Waals surface area contributed by atoms with E-state index in [0.717, 1.165) is 30.9 Å². The highest BCUT2D eigenvalue weighted by atomic mass is 16.1. The van der Waals surface area contributed by atoms with Crippen LogP contribution >= 0.6 is 0 Å². The van der Waals surface area contributed by atoms with Crippen LogP contribution in [0.15, 0.2) is 29.3 Å². The van der Waals surface area contributed by atoms with Gasteiger partial charge in [0.2, 0.25) is 0 Å². The topological polar surface area (TPSA) is 65.5 Å². The Morgan fingerprint density at radius 2 is 2.10 bits per heavy atom. The van der Waals surface area contributed by atoms with Crippen molar-refractivity contribution in [2.75, 3.05) is 20.6 Å². The van der Waals surface area contributed by atoms with Crippen LogP contribution in [0.5, 0.6) is 0 Å². The molecular formula is C15H24N4O. The number of guanidine groups is 1. The number of carbonyl (C=O) groups is 1. The van der Waals surface area contributed by atoms with Crippen molar-refractivity contribution in [2.24, 2.45) is 4.99 Å². The van der Waals surface area contributed by atoms with Crippen LogP contribution in [0.2, 0.25) is 0 Å². The molecule has 0 heterocycles. The summed E-state index contributed by atoms with van der Waals surface area (Å²) in [7, 11) is 3.38. The highest BCUT2D eigenvalue weighted by molar-refractivity contribution is 5.94. The second-order valence-electron chi connectivity index (χ2n) is 4.49. The van der Waals surface area contributed by atoms with Crippen molar-refractivity contribution in [2.45, 2.75) is 26.3 Å². The monoisotopic (exact) mass is 276 g/mol. The van der Waals surface area contributed by atoms with Gasteiger partial charge in [0.1, 0.15) is 0 Å². The van der Waals surface area contributed by atoms with E-state index >= 15 is 0 Å². The van der Waals surface area contributed by atoms with Gasteiger partial charge in [-0.25, -0.2) is 0 Å². The molecule has 0 saturated carbocycles. The second-order valence-corrected chi connectivity index (χ2v) is 4.49. The lowest BCUT2D eigenvalue weighted by molar-refractivity contribution is 0.0963. The first kappa shape index (κ1) is 16.0. The standard InChI is InChI=1S/C15H24N4O/c1-4-5-9-18-15(17-3)19-11-12-7-6-8-13(10-12)14(20)16-2/h6-8,10H,4-5,9,11H2,1-3H3,(H,16,20)(H2,17,18,19). The zero-order valence-electron chi connectivity index (χ0n) is 12.5. The summed E-state index contributed by atoms with van der Waals surface area (Å²) in [6.07, 6.45) is 2.27. The number of aliphatic imine (C=N–C) groups is 1. The minimum atomic E-state index is -0.0719. The maximum absolute atomic E-state index is 11.6. The fraction of sp³-hybridized carbons (Fsp3) is 0.467. The molecule has 0 bridgehead atoms. The van der Waals surface area contributed by atoms with Crippen LogP contribution in [-0.4, -0.2) is 32.5 Å². The first-order valence-electron chi connectivity index (χ1n) is 6.96.